The van der Waals surface area contributed by atoms with Gasteiger partial charge in [-0.1, -0.05) is 66.8 Å². The second-order valence-electron chi connectivity index (χ2n) is 9.89. The Hall–Kier alpha value is -2.41. The Balaban J connectivity index is 2.10. The van der Waals surface area contributed by atoms with Gasteiger partial charge in [0.05, 0.1) is 31.0 Å². The van der Waals surface area contributed by atoms with E-state index in [4.69, 9.17) is 14.2 Å². The van der Waals surface area contributed by atoms with E-state index in [0.717, 1.165) is 12.8 Å². The lowest BCUT2D eigenvalue weighted by Crippen LogP contribution is -2.59. The van der Waals surface area contributed by atoms with Crippen LogP contribution in [0.2, 0.25) is 0 Å². The molecule has 2 rings (SSSR count). The third-order valence-corrected chi connectivity index (χ3v) is 6.38. The number of aliphatic hydroxyl groups excluding tert-OH is 6. The number of cyclic esters (lactones) is 1. The van der Waals surface area contributed by atoms with Gasteiger partial charge in [0.1, 0.15) is 24.4 Å². The van der Waals surface area contributed by atoms with Gasteiger partial charge in [-0.2, -0.15) is 0 Å². The first-order valence-electron chi connectivity index (χ1n) is 13.7. The van der Waals surface area contributed by atoms with Crippen molar-refractivity contribution in [3.63, 3.8) is 0 Å². The molecule has 0 amide bonds. The molecule has 1 fully saturated rings. The summed E-state index contributed by atoms with van der Waals surface area (Å²) in [6.45, 7) is 1.26. The number of rotatable bonds is 3. The largest absolute Gasteiger partial charge is 0.460 e. The summed E-state index contributed by atoms with van der Waals surface area (Å²) in [5.74, 6) is -0.428. The highest BCUT2D eigenvalue weighted by molar-refractivity contribution is 5.82. The molecular weight excluding hydrogens is 520 g/mol. The van der Waals surface area contributed by atoms with Crippen LogP contribution >= 0.6 is 0 Å². The Morgan fingerprint density at radius 3 is 2.35 bits per heavy atom. The maximum Gasteiger partial charge on any atom is 0.331 e. The molecule has 0 bridgehead atoms. The summed E-state index contributed by atoms with van der Waals surface area (Å²) >= 11 is 0. The highest BCUT2D eigenvalue weighted by Crippen LogP contribution is 2.24. The zero-order valence-electron chi connectivity index (χ0n) is 22.9. The van der Waals surface area contributed by atoms with Crippen LogP contribution in [0.5, 0.6) is 0 Å². The summed E-state index contributed by atoms with van der Waals surface area (Å²) in [7, 11) is 0. The quantitative estimate of drug-likeness (QED) is 0.277. The number of ether oxygens (including phenoxy) is 3. The van der Waals surface area contributed by atoms with Gasteiger partial charge in [0.25, 0.3) is 0 Å². The molecule has 1 saturated heterocycles. The number of allylic oxidation sites excluding steroid dienone is 7. The summed E-state index contributed by atoms with van der Waals surface area (Å²) in [5.41, 5.74) is 0. The van der Waals surface area contributed by atoms with Gasteiger partial charge in [0.2, 0.25) is 0 Å². The fraction of sp³-hybridized carbons (Fsp3) is 0.567. The Morgan fingerprint density at radius 1 is 0.875 bits per heavy atom. The van der Waals surface area contributed by atoms with Gasteiger partial charge in [-0.25, -0.2) is 4.79 Å². The molecule has 0 saturated carbocycles. The first kappa shape index (κ1) is 33.8. The zero-order valence-corrected chi connectivity index (χ0v) is 22.9. The second kappa shape index (κ2) is 18.8. The molecule has 0 aliphatic carbocycles. The Labute approximate surface area is 235 Å². The van der Waals surface area contributed by atoms with Crippen molar-refractivity contribution in [1.82, 2.24) is 0 Å². The molecule has 0 radical (unpaired) electrons. The molecule has 2 heterocycles. The van der Waals surface area contributed by atoms with Crippen LogP contribution in [0.4, 0.5) is 0 Å². The minimum atomic E-state index is -1.57. The lowest BCUT2D eigenvalue weighted by atomic mass is 9.99. The van der Waals surface area contributed by atoms with Gasteiger partial charge in [0.15, 0.2) is 6.29 Å². The van der Waals surface area contributed by atoms with Crippen molar-refractivity contribution in [2.24, 2.45) is 0 Å². The van der Waals surface area contributed by atoms with E-state index in [1.807, 2.05) is 19.1 Å². The smallest absolute Gasteiger partial charge is 0.331 e. The molecule has 10 nitrogen and oxygen atoms in total. The number of aliphatic hydroxyl groups is 6. The number of hydrogen-bond donors (Lipinski definition) is 6. The van der Waals surface area contributed by atoms with E-state index in [0.29, 0.717) is 12.8 Å². The maximum atomic E-state index is 11.9. The summed E-state index contributed by atoms with van der Waals surface area (Å²) < 4.78 is 16.7. The normalized spacial score (nSPS) is 40.6. The molecule has 0 aromatic heterocycles. The van der Waals surface area contributed by atoms with E-state index in [-0.39, 0.29) is 18.9 Å². The average Bonchev–Trinajstić information content (AvgIpc) is 2.91. The van der Waals surface area contributed by atoms with E-state index in [1.165, 1.54) is 6.08 Å². The van der Waals surface area contributed by atoms with Crippen LogP contribution in [0.15, 0.2) is 72.9 Å². The Morgan fingerprint density at radius 2 is 1.57 bits per heavy atom. The standard InChI is InChI=1S/C30H44O10/c1-21-13-7-3-2-4-11-17-24(39-30-29(37)28(36)27(35)25(20-31)40-30)19-23(33)16-10-5-8-14-22(32)15-9-6-12-18-26(34)38-21/h2,4-6,8-12,14,17-18,21-25,27-33,35-37H,3,7,13,15-16,19-20H2,1H3/b4-2+,9-6+,10-5-,14-8+,17-11+,18-12-/t21-,22-,23+,24-,25+,27+,28-,29+,30+/m0/s1. The van der Waals surface area contributed by atoms with E-state index >= 15 is 0 Å². The summed E-state index contributed by atoms with van der Waals surface area (Å²) in [4.78, 5) is 11.9. The third kappa shape index (κ3) is 12.8. The highest BCUT2D eigenvalue weighted by Gasteiger charge is 2.44. The minimum absolute atomic E-state index is 0.136. The van der Waals surface area contributed by atoms with Crippen LogP contribution in [-0.2, 0) is 19.0 Å². The number of esters is 1. The van der Waals surface area contributed by atoms with Gasteiger partial charge in [0, 0.05) is 12.5 Å². The van der Waals surface area contributed by atoms with Crippen LogP contribution < -0.4 is 0 Å². The first-order valence-corrected chi connectivity index (χ1v) is 13.7. The molecule has 224 valence electrons. The molecule has 0 unspecified atom stereocenters. The Bertz CT molecular complexity index is 906. The van der Waals surface area contributed by atoms with Crippen molar-refractivity contribution in [2.75, 3.05) is 6.61 Å². The number of hydrogen-bond acceptors (Lipinski definition) is 10. The molecular formula is C30H44O10. The van der Waals surface area contributed by atoms with Gasteiger partial charge < -0.3 is 44.8 Å². The van der Waals surface area contributed by atoms with Crippen LogP contribution in [0.3, 0.4) is 0 Å². The molecule has 10 heteroatoms. The van der Waals surface area contributed by atoms with Crippen molar-refractivity contribution in [1.29, 1.82) is 0 Å². The minimum Gasteiger partial charge on any atom is -0.460 e. The topological polar surface area (TPSA) is 166 Å². The van der Waals surface area contributed by atoms with Crippen LogP contribution in [0, 0.1) is 0 Å². The second-order valence-corrected chi connectivity index (χ2v) is 9.89. The molecule has 2 aliphatic heterocycles. The summed E-state index contributed by atoms with van der Waals surface area (Å²) in [6.07, 6.45) is 13.7. The van der Waals surface area contributed by atoms with Gasteiger partial charge in [-0.05, 0) is 39.0 Å². The Kier molecular flexibility index (Phi) is 15.9. The van der Waals surface area contributed by atoms with E-state index in [1.54, 1.807) is 54.7 Å². The predicted octanol–water partition coefficient (Wildman–Crippen LogP) is 1.52. The number of carbonyl (C=O) groups excluding carboxylic acids is 1. The lowest BCUT2D eigenvalue weighted by Gasteiger charge is -2.40. The number of carbonyl (C=O) groups is 1. The summed E-state index contributed by atoms with van der Waals surface area (Å²) in [6, 6.07) is 0. The van der Waals surface area contributed by atoms with Crippen LogP contribution in [-0.4, -0.2) is 98.3 Å². The van der Waals surface area contributed by atoms with Crippen molar-refractivity contribution in [3.05, 3.63) is 72.9 Å². The monoisotopic (exact) mass is 564 g/mol. The summed E-state index contributed by atoms with van der Waals surface area (Å²) in [5, 5.41) is 60.6. The van der Waals surface area contributed by atoms with E-state index in [2.05, 4.69) is 0 Å². The van der Waals surface area contributed by atoms with Crippen LogP contribution in [0.1, 0.15) is 45.4 Å². The van der Waals surface area contributed by atoms with Gasteiger partial charge >= 0.3 is 5.97 Å². The molecule has 9 atom stereocenters. The molecule has 6 N–H and O–H groups in total. The highest BCUT2D eigenvalue weighted by atomic mass is 16.7. The maximum absolute atomic E-state index is 11.9. The predicted molar refractivity (Wildman–Crippen MR) is 149 cm³/mol. The van der Waals surface area contributed by atoms with Crippen LogP contribution in [0.25, 0.3) is 0 Å². The molecule has 40 heavy (non-hydrogen) atoms. The van der Waals surface area contributed by atoms with Gasteiger partial charge in [-0.15, -0.1) is 0 Å². The fourth-order valence-corrected chi connectivity index (χ4v) is 4.09. The molecule has 0 spiro atoms. The molecule has 2 aliphatic rings. The third-order valence-electron chi connectivity index (χ3n) is 6.38. The molecule has 0 aromatic carbocycles. The van der Waals surface area contributed by atoms with Crippen molar-refractivity contribution in [2.45, 2.75) is 101 Å². The fourth-order valence-electron chi connectivity index (χ4n) is 4.09. The van der Waals surface area contributed by atoms with Crippen molar-refractivity contribution in [3.8, 4) is 0 Å². The average molecular weight is 565 g/mol. The van der Waals surface area contributed by atoms with E-state index in [9.17, 15) is 35.4 Å². The lowest BCUT2D eigenvalue weighted by molar-refractivity contribution is -0.308. The van der Waals surface area contributed by atoms with Gasteiger partial charge in [-0.3, -0.25) is 0 Å². The molecule has 0 aromatic rings. The van der Waals surface area contributed by atoms with E-state index < -0.39 is 61.6 Å². The zero-order chi connectivity index (χ0) is 29.3. The van der Waals surface area contributed by atoms with Crippen molar-refractivity contribution < 1.29 is 49.6 Å². The SMILES string of the molecule is C[C@H]1CCC/C=C/C=C/[C@H](O[C@@H]2O[C@H](CO)[C@@H](O)[C@H](O)[C@H]2O)C[C@H](O)C/C=C\C=C\[C@H](O)C/C=C/C=C\C(=O)O1. The van der Waals surface area contributed by atoms with Crippen molar-refractivity contribution >= 4 is 5.97 Å². The first-order chi connectivity index (χ1) is 19.2.